The number of carbonyl (C=O) groups is 2. The third-order valence-corrected chi connectivity index (χ3v) is 5.74. The quantitative estimate of drug-likeness (QED) is 0.262. The van der Waals surface area contributed by atoms with Crippen LogP contribution in [0.5, 0.6) is 11.5 Å². The summed E-state index contributed by atoms with van der Waals surface area (Å²) in [7, 11) is 2.08. The zero-order valence-corrected chi connectivity index (χ0v) is 20.5. The van der Waals surface area contributed by atoms with Crippen LogP contribution in [0, 0.1) is 0 Å². The van der Waals surface area contributed by atoms with E-state index in [1.807, 2.05) is 55.4 Å². The highest BCUT2D eigenvalue weighted by Gasteiger charge is 2.08. The van der Waals surface area contributed by atoms with Gasteiger partial charge in [0, 0.05) is 22.5 Å². The van der Waals surface area contributed by atoms with E-state index in [9.17, 15) is 9.59 Å². The number of rotatable bonds is 9. The molecule has 0 saturated carbocycles. The molecule has 0 aliphatic heterocycles. The molecular formula is C30H28BN2O3. The molecule has 0 fully saturated rings. The number of hydrogen-bond acceptors (Lipinski definition) is 3. The van der Waals surface area contributed by atoms with E-state index in [1.165, 1.54) is 11.1 Å². The minimum absolute atomic E-state index is 0.153. The highest BCUT2D eigenvalue weighted by Crippen LogP contribution is 2.25. The average Bonchev–Trinajstić information content (AvgIpc) is 2.91. The zero-order chi connectivity index (χ0) is 25.3. The van der Waals surface area contributed by atoms with Crippen molar-refractivity contribution in [3.8, 4) is 11.5 Å². The minimum Gasteiger partial charge on any atom is -0.457 e. The summed E-state index contributed by atoms with van der Waals surface area (Å²) in [5.74, 6) is 0.969. The summed E-state index contributed by atoms with van der Waals surface area (Å²) >= 11 is 0. The van der Waals surface area contributed by atoms with Crippen LogP contribution in [0.2, 0.25) is 6.82 Å². The van der Waals surface area contributed by atoms with E-state index >= 15 is 0 Å². The van der Waals surface area contributed by atoms with Gasteiger partial charge in [0.05, 0.1) is 0 Å². The van der Waals surface area contributed by atoms with Crippen molar-refractivity contribution < 1.29 is 14.3 Å². The predicted octanol–water partition coefficient (Wildman–Crippen LogP) is 6.80. The molecule has 1 radical (unpaired) electrons. The summed E-state index contributed by atoms with van der Waals surface area (Å²) in [6.07, 6.45) is 1.82. The molecule has 2 amide bonds. The highest BCUT2D eigenvalue weighted by molar-refractivity contribution is 6.32. The second-order valence-electron chi connectivity index (χ2n) is 8.42. The maximum absolute atomic E-state index is 12.5. The van der Waals surface area contributed by atoms with Gasteiger partial charge >= 0.3 is 0 Å². The van der Waals surface area contributed by atoms with E-state index in [2.05, 4.69) is 24.8 Å². The lowest BCUT2D eigenvalue weighted by atomic mass is 9.75. The Morgan fingerprint density at radius 3 is 1.44 bits per heavy atom. The summed E-state index contributed by atoms with van der Waals surface area (Å²) in [6, 6.07) is 29.6. The molecular weight excluding hydrogens is 447 g/mol. The van der Waals surface area contributed by atoms with Crippen molar-refractivity contribution in [1.82, 2.24) is 0 Å². The summed E-state index contributed by atoms with van der Waals surface area (Å²) in [5.41, 5.74) is 4.97. The highest BCUT2D eigenvalue weighted by atomic mass is 16.5. The molecule has 0 unspecified atom stereocenters. The van der Waals surface area contributed by atoms with Crippen LogP contribution >= 0.6 is 0 Å². The van der Waals surface area contributed by atoms with Gasteiger partial charge in [-0.15, -0.1) is 0 Å². The van der Waals surface area contributed by atoms with Gasteiger partial charge in [-0.1, -0.05) is 49.9 Å². The molecule has 0 spiro atoms. The van der Waals surface area contributed by atoms with E-state index in [4.69, 9.17) is 4.74 Å². The molecule has 4 rings (SSSR count). The van der Waals surface area contributed by atoms with Crippen LogP contribution in [-0.2, 0) is 12.7 Å². The Morgan fingerprint density at radius 2 is 1.06 bits per heavy atom. The molecule has 0 bridgehead atoms. The SMILES string of the molecule is C[B]Cc1ccc(C(=O)Nc2ccc(Oc3ccc(NC(=O)c4ccc(CC)cc4)cc3)cc2)cc1. The molecule has 36 heavy (non-hydrogen) atoms. The third-order valence-electron chi connectivity index (χ3n) is 5.74. The van der Waals surface area contributed by atoms with Gasteiger partial charge in [0.2, 0.25) is 0 Å². The summed E-state index contributed by atoms with van der Waals surface area (Å²) in [5, 5.41) is 5.80. The van der Waals surface area contributed by atoms with Crippen LogP contribution in [0.25, 0.3) is 0 Å². The number of hydrogen-bond donors (Lipinski definition) is 2. The summed E-state index contributed by atoms with van der Waals surface area (Å²) in [6.45, 7) is 4.09. The minimum atomic E-state index is -0.158. The van der Waals surface area contributed by atoms with Crippen molar-refractivity contribution in [3.05, 3.63) is 119 Å². The van der Waals surface area contributed by atoms with Crippen LogP contribution in [0.3, 0.4) is 0 Å². The van der Waals surface area contributed by atoms with Gasteiger partial charge in [-0.05, 0) is 84.8 Å². The fraction of sp³-hybridized carbons (Fsp3) is 0.133. The van der Waals surface area contributed by atoms with E-state index in [0.717, 1.165) is 12.7 Å². The molecule has 2 N–H and O–H groups in total. The monoisotopic (exact) mass is 475 g/mol. The maximum Gasteiger partial charge on any atom is 0.255 e. The van der Waals surface area contributed by atoms with Gasteiger partial charge in [-0.25, -0.2) is 0 Å². The predicted molar refractivity (Wildman–Crippen MR) is 146 cm³/mol. The summed E-state index contributed by atoms with van der Waals surface area (Å²) in [4.78, 5) is 25.0. The standard InChI is InChI=1S/C30H28BN2O3/c1-3-21-4-8-23(9-5-21)29(34)32-25-12-16-27(17-13-25)36-28-18-14-26(15-19-28)33-30(35)24-10-6-22(7-11-24)20-31-2/h4-19H,3,20H2,1-2H3,(H,32,34)(H,33,35). The lowest BCUT2D eigenvalue weighted by Gasteiger charge is -2.10. The Bertz CT molecular complexity index is 1300. The Labute approximate surface area is 212 Å². The van der Waals surface area contributed by atoms with Crippen molar-refractivity contribution >= 4 is 30.5 Å². The van der Waals surface area contributed by atoms with E-state index < -0.39 is 0 Å². The molecule has 0 aliphatic rings. The van der Waals surface area contributed by atoms with Crippen molar-refractivity contribution in [2.24, 2.45) is 0 Å². The summed E-state index contributed by atoms with van der Waals surface area (Å²) < 4.78 is 5.90. The topological polar surface area (TPSA) is 67.4 Å². The van der Waals surface area contributed by atoms with Crippen LogP contribution in [0.4, 0.5) is 11.4 Å². The fourth-order valence-corrected chi connectivity index (χ4v) is 3.67. The number of amides is 2. The lowest BCUT2D eigenvalue weighted by Crippen LogP contribution is -2.11. The molecule has 4 aromatic carbocycles. The van der Waals surface area contributed by atoms with Gasteiger partial charge in [0.25, 0.3) is 11.8 Å². The smallest absolute Gasteiger partial charge is 0.255 e. The van der Waals surface area contributed by atoms with Gasteiger partial charge in [0.15, 0.2) is 0 Å². The molecule has 0 saturated heterocycles. The van der Waals surface area contributed by atoms with Crippen molar-refractivity contribution in [2.45, 2.75) is 26.5 Å². The average molecular weight is 475 g/mol. The van der Waals surface area contributed by atoms with Gasteiger partial charge in [-0.3, -0.25) is 9.59 Å². The van der Waals surface area contributed by atoms with Crippen LogP contribution in [0.1, 0.15) is 38.8 Å². The number of aryl methyl sites for hydroxylation is 1. The number of ether oxygens (including phenoxy) is 1. The number of benzene rings is 4. The first-order valence-electron chi connectivity index (χ1n) is 12.0. The van der Waals surface area contributed by atoms with Crippen LogP contribution in [-0.4, -0.2) is 19.1 Å². The molecule has 0 atom stereocenters. The first kappa shape index (κ1) is 24.8. The second kappa shape index (κ2) is 11.9. The normalized spacial score (nSPS) is 10.4. The number of carbonyl (C=O) groups excluding carboxylic acids is 2. The Balaban J connectivity index is 1.30. The maximum atomic E-state index is 12.5. The van der Waals surface area contributed by atoms with E-state index in [0.29, 0.717) is 34.0 Å². The molecule has 4 aromatic rings. The molecule has 0 aromatic heterocycles. The number of anilines is 2. The van der Waals surface area contributed by atoms with Crippen LogP contribution < -0.4 is 15.4 Å². The van der Waals surface area contributed by atoms with E-state index in [1.54, 1.807) is 48.5 Å². The molecule has 0 aliphatic carbocycles. The van der Waals surface area contributed by atoms with Crippen molar-refractivity contribution in [3.63, 3.8) is 0 Å². The van der Waals surface area contributed by atoms with Gasteiger partial charge in [-0.2, -0.15) is 0 Å². The van der Waals surface area contributed by atoms with Gasteiger partial charge < -0.3 is 15.4 Å². The third kappa shape index (κ3) is 6.63. The van der Waals surface area contributed by atoms with Crippen LogP contribution in [0.15, 0.2) is 97.1 Å². The second-order valence-corrected chi connectivity index (χ2v) is 8.42. The fourth-order valence-electron chi connectivity index (χ4n) is 3.67. The Kier molecular flexibility index (Phi) is 8.19. The first-order chi connectivity index (χ1) is 17.5. The van der Waals surface area contributed by atoms with E-state index in [-0.39, 0.29) is 11.8 Å². The largest absolute Gasteiger partial charge is 0.457 e. The zero-order valence-electron chi connectivity index (χ0n) is 20.5. The molecule has 179 valence electrons. The van der Waals surface area contributed by atoms with Crippen molar-refractivity contribution in [2.75, 3.05) is 10.6 Å². The first-order valence-corrected chi connectivity index (χ1v) is 12.0. The molecule has 6 heteroatoms. The Morgan fingerprint density at radius 1 is 0.639 bits per heavy atom. The molecule has 0 heterocycles. The molecule has 5 nitrogen and oxygen atoms in total. The van der Waals surface area contributed by atoms with Gasteiger partial charge in [0.1, 0.15) is 18.8 Å². The Hall–Kier alpha value is -4.32. The van der Waals surface area contributed by atoms with Crippen molar-refractivity contribution in [1.29, 1.82) is 0 Å². The number of nitrogens with one attached hydrogen (secondary N) is 2. The lowest BCUT2D eigenvalue weighted by molar-refractivity contribution is 0.101.